The number of hydrogen-bond donors (Lipinski definition) is 1. The topological polar surface area (TPSA) is 43.8 Å². The minimum atomic E-state index is 0.00335. The van der Waals surface area contributed by atoms with Crippen LogP contribution in [-0.2, 0) is 5.41 Å². The van der Waals surface area contributed by atoms with Crippen molar-refractivity contribution in [3.63, 3.8) is 0 Å². The van der Waals surface area contributed by atoms with E-state index in [1.165, 1.54) is 4.88 Å². The predicted molar refractivity (Wildman–Crippen MR) is 97.5 cm³/mol. The lowest BCUT2D eigenvalue weighted by molar-refractivity contribution is 0.559. The van der Waals surface area contributed by atoms with Crippen LogP contribution in [0.1, 0.15) is 43.0 Å². The third-order valence-electron chi connectivity index (χ3n) is 3.99. The lowest BCUT2D eigenvalue weighted by Crippen LogP contribution is -2.16. The van der Waals surface area contributed by atoms with Gasteiger partial charge in [-0.15, -0.1) is 11.3 Å². The van der Waals surface area contributed by atoms with Gasteiger partial charge in [0.25, 0.3) is 0 Å². The van der Waals surface area contributed by atoms with Gasteiger partial charge in [0.05, 0.1) is 17.1 Å². The summed E-state index contributed by atoms with van der Waals surface area (Å²) >= 11 is 1.75. The fraction of sp³-hybridized carbons (Fsp3) is 0.316. The monoisotopic (exact) mass is 325 g/mol. The predicted octanol–water partition coefficient (Wildman–Crippen LogP) is 4.32. The molecule has 120 valence electrons. The minimum absolute atomic E-state index is 0.00335. The van der Waals surface area contributed by atoms with E-state index in [2.05, 4.69) is 61.2 Å². The van der Waals surface area contributed by atoms with Crippen molar-refractivity contribution in [1.82, 2.24) is 9.78 Å². The van der Waals surface area contributed by atoms with E-state index in [9.17, 15) is 0 Å². The molecule has 2 heterocycles. The van der Waals surface area contributed by atoms with E-state index in [-0.39, 0.29) is 11.3 Å². The maximum Gasteiger partial charge on any atom is 0.0685 e. The number of benzene rings is 1. The summed E-state index contributed by atoms with van der Waals surface area (Å²) in [5.74, 6) is 0.166. The summed E-state index contributed by atoms with van der Waals surface area (Å²) in [6, 6.07) is 16.7. The van der Waals surface area contributed by atoms with Crippen molar-refractivity contribution in [2.75, 3.05) is 6.54 Å². The Morgan fingerprint density at radius 1 is 1.13 bits per heavy atom. The van der Waals surface area contributed by atoms with E-state index in [1.54, 1.807) is 11.3 Å². The Morgan fingerprint density at radius 3 is 2.43 bits per heavy atom. The summed E-state index contributed by atoms with van der Waals surface area (Å²) in [5, 5.41) is 7.00. The molecule has 1 unspecified atom stereocenters. The molecule has 0 bridgehead atoms. The van der Waals surface area contributed by atoms with Crippen LogP contribution in [0.15, 0.2) is 53.9 Å². The number of rotatable bonds is 4. The van der Waals surface area contributed by atoms with Crippen molar-refractivity contribution in [2.45, 2.75) is 32.1 Å². The molecule has 1 atom stereocenters. The van der Waals surface area contributed by atoms with Crippen molar-refractivity contribution in [3.05, 3.63) is 70.2 Å². The van der Waals surface area contributed by atoms with Gasteiger partial charge in [0, 0.05) is 22.8 Å². The highest BCUT2D eigenvalue weighted by Gasteiger charge is 2.25. The van der Waals surface area contributed by atoms with Crippen molar-refractivity contribution in [2.24, 2.45) is 5.73 Å². The van der Waals surface area contributed by atoms with Gasteiger partial charge in [0.2, 0.25) is 0 Å². The van der Waals surface area contributed by atoms with Crippen LogP contribution in [-0.4, -0.2) is 16.3 Å². The van der Waals surface area contributed by atoms with Crippen LogP contribution >= 0.6 is 11.3 Å². The molecule has 0 amide bonds. The average molecular weight is 325 g/mol. The average Bonchev–Trinajstić information content (AvgIpc) is 3.18. The third kappa shape index (κ3) is 3.23. The molecule has 23 heavy (non-hydrogen) atoms. The van der Waals surface area contributed by atoms with Crippen LogP contribution in [0.4, 0.5) is 0 Å². The molecule has 2 N–H and O–H groups in total. The highest BCUT2D eigenvalue weighted by Crippen LogP contribution is 2.32. The molecule has 3 nitrogen and oxygen atoms in total. The molecule has 1 aromatic carbocycles. The quantitative estimate of drug-likeness (QED) is 0.776. The molecule has 0 radical (unpaired) electrons. The highest BCUT2D eigenvalue weighted by atomic mass is 32.1. The lowest BCUT2D eigenvalue weighted by Gasteiger charge is -2.15. The number of nitrogens with zero attached hydrogens (tertiary/aromatic N) is 2. The Labute approximate surface area is 141 Å². The maximum atomic E-state index is 6.13. The molecular formula is C19H23N3S. The van der Waals surface area contributed by atoms with Gasteiger partial charge in [-0.3, -0.25) is 0 Å². The molecule has 0 spiro atoms. The first-order chi connectivity index (χ1) is 11.0. The van der Waals surface area contributed by atoms with E-state index in [0.717, 1.165) is 17.1 Å². The second-order valence-corrected chi connectivity index (χ2v) is 7.73. The fourth-order valence-corrected chi connectivity index (χ4v) is 3.51. The second kappa shape index (κ2) is 6.30. The fourth-order valence-electron chi connectivity index (χ4n) is 2.66. The van der Waals surface area contributed by atoms with E-state index in [1.807, 2.05) is 18.2 Å². The summed E-state index contributed by atoms with van der Waals surface area (Å²) in [6.45, 7) is 7.15. The first-order valence-corrected chi connectivity index (χ1v) is 8.78. The smallest absolute Gasteiger partial charge is 0.0685 e. The van der Waals surface area contributed by atoms with E-state index in [4.69, 9.17) is 10.8 Å². The molecule has 0 aliphatic rings. The van der Waals surface area contributed by atoms with Gasteiger partial charge in [-0.05, 0) is 29.6 Å². The van der Waals surface area contributed by atoms with Gasteiger partial charge in [-0.25, -0.2) is 4.68 Å². The van der Waals surface area contributed by atoms with Crippen LogP contribution in [0, 0.1) is 0 Å². The first-order valence-electron chi connectivity index (χ1n) is 7.90. The van der Waals surface area contributed by atoms with E-state index in [0.29, 0.717) is 6.54 Å². The van der Waals surface area contributed by atoms with Gasteiger partial charge in [0.1, 0.15) is 0 Å². The van der Waals surface area contributed by atoms with Crippen molar-refractivity contribution in [3.8, 4) is 5.69 Å². The number of para-hydroxylation sites is 1. The molecule has 4 heteroatoms. The van der Waals surface area contributed by atoms with Crippen molar-refractivity contribution in [1.29, 1.82) is 0 Å². The Hall–Kier alpha value is -1.91. The van der Waals surface area contributed by atoms with Crippen LogP contribution in [0.3, 0.4) is 0 Å². The SMILES string of the molecule is CC(C)(C)c1cc(C(CN)c2cccs2)n(-c2ccccc2)n1. The summed E-state index contributed by atoms with van der Waals surface area (Å²) in [6.07, 6.45) is 0. The van der Waals surface area contributed by atoms with Gasteiger partial charge >= 0.3 is 0 Å². The normalized spacial score (nSPS) is 13.2. The zero-order valence-electron chi connectivity index (χ0n) is 13.9. The molecule has 0 aliphatic carbocycles. The first kappa shape index (κ1) is 16.0. The van der Waals surface area contributed by atoms with Crippen LogP contribution in [0.2, 0.25) is 0 Å². The molecule has 2 aromatic heterocycles. The minimum Gasteiger partial charge on any atom is -0.329 e. The van der Waals surface area contributed by atoms with Crippen LogP contribution < -0.4 is 5.73 Å². The standard InChI is InChI=1S/C19H23N3S/c1-19(2,3)18-12-16(15(13-20)17-10-7-11-23-17)22(21-18)14-8-5-4-6-9-14/h4-12,15H,13,20H2,1-3H3. The summed E-state index contributed by atoms with van der Waals surface area (Å²) < 4.78 is 2.05. The molecule has 0 aliphatic heterocycles. The second-order valence-electron chi connectivity index (χ2n) is 6.76. The van der Waals surface area contributed by atoms with E-state index >= 15 is 0 Å². The van der Waals surface area contributed by atoms with Gasteiger partial charge in [0.15, 0.2) is 0 Å². The number of thiophene rings is 1. The molecule has 0 saturated heterocycles. The largest absolute Gasteiger partial charge is 0.329 e. The van der Waals surface area contributed by atoms with Crippen LogP contribution in [0.25, 0.3) is 5.69 Å². The number of aromatic nitrogens is 2. The Balaban J connectivity index is 2.16. The summed E-state index contributed by atoms with van der Waals surface area (Å²) in [7, 11) is 0. The maximum absolute atomic E-state index is 6.13. The molecule has 0 saturated carbocycles. The van der Waals surface area contributed by atoms with Gasteiger partial charge in [-0.1, -0.05) is 45.0 Å². The molecule has 0 fully saturated rings. The Bertz CT molecular complexity index is 752. The van der Waals surface area contributed by atoms with Gasteiger partial charge < -0.3 is 5.73 Å². The third-order valence-corrected chi connectivity index (χ3v) is 4.97. The Morgan fingerprint density at radius 2 is 1.87 bits per heavy atom. The molecule has 3 rings (SSSR count). The van der Waals surface area contributed by atoms with Crippen LogP contribution in [0.5, 0.6) is 0 Å². The number of nitrogens with two attached hydrogens (primary N) is 1. The highest BCUT2D eigenvalue weighted by molar-refractivity contribution is 7.10. The number of hydrogen-bond acceptors (Lipinski definition) is 3. The summed E-state index contributed by atoms with van der Waals surface area (Å²) in [5.41, 5.74) is 9.45. The molecule has 3 aromatic rings. The Kier molecular flexibility index (Phi) is 4.37. The zero-order valence-corrected chi connectivity index (χ0v) is 14.7. The van der Waals surface area contributed by atoms with E-state index < -0.39 is 0 Å². The van der Waals surface area contributed by atoms with Crippen molar-refractivity contribution >= 4 is 11.3 Å². The molecular weight excluding hydrogens is 302 g/mol. The summed E-state index contributed by atoms with van der Waals surface area (Å²) in [4.78, 5) is 1.28. The zero-order chi connectivity index (χ0) is 16.4. The van der Waals surface area contributed by atoms with Crippen molar-refractivity contribution < 1.29 is 0 Å². The van der Waals surface area contributed by atoms with Gasteiger partial charge in [-0.2, -0.15) is 5.10 Å². The lowest BCUT2D eigenvalue weighted by atomic mass is 9.91.